The SMILES string of the molecule is CNC(=O)NC(=O)[C@@H](C)S[C@@H](C)c1ccccc1F. The van der Waals surface area contributed by atoms with E-state index in [1.165, 1.54) is 24.9 Å². The fourth-order valence-electron chi connectivity index (χ4n) is 1.52. The number of urea groups is 1. The van der Waals surface area contributed by atoms with E-state index in [9.17, 15) is 14.0 Å². The molecule has 104 valence electrons. The van der Waals surface area contributed by atoms with Crippen LogP contribution in [0.1, 0.15) is 24.7 Å². The molecule has 0 aromatic heterocycles. The third-order valence-corrected chi connectivity index (χ3v) is 3.87. The van der Waals surface area contributed by atoms with E-state index in [2.05, 4.69) is 10.6 Å². The molecule has 0 saturated heterocycles. The number of amides is 3. The Balaban J connectivity index is 2.62. The number of benzene rings is 1. The van der Waals surface area contributed by atoms with Crippen LogP contribution in [0.4, 0.5) is 9.18 Å². The van der Waals surface area contributed by atoms with Gasteiger partial charge in [0, 0.05) is 17.9 Å². The first-order valence-electron chi connectivity index (χ1n) is 5.88. The van der Waals surface area contributed by atoms with Crippen molar-refractivity contribution in [1.29, 1.82) is 0 Å². The lowest BCUT2D eigenvalue weighted by Gasteiger charge is -2.17. The summed E-state index contributed by atoms with van der Waals surface area (Å²) in [6, 6.07) is 5.91. The van der Waals surface area contributed by atoms with Gasteiger partial charge in [0.05, 0.1) is 5.25 Å². The summed E-state index contributed by atoms with van der Waals surface area (Å²) in [4.78, 5) is 22.7. The first-order valence-corrected chi connectivity index (χ1v) is 6.82. The maximum atomic E-state index is 13.6. The number of thioether (sulfide) groups is 1. The lowest BCUT2D eigenvalue weighted by Crippen LogP contribution is -2.41. The summed E-state index contributed by atoms with van der Waals surface area (Å²) in [5, 5.41) is 3.88. The van der Waals surface area contributed by atoms with Gasteiger partial charge in [-0.2, -0.15) is 0 Å². The van der Waals surface area contributed by atoms with Crippen LogP contribution in [-0.4, -0.2) is 24.2 Å². The third-order valence-electron chi connectivity index (χ3n) is 2.58. The molecule has 1 aromatic rings. The molecule has 2 atom stereocenters. The molecule has 0 heterocycles. The molecule has 0 aliphatic heterocycles. The highest BCUT2D eigenvalue weighted by molar-refractivity contribution is 8.00. The van der Waals surface area contributed by atoms with Crippen molar-refractivity contribution in [3.05, 3.63) is 35.6 Å². The topological polar surface area (TPSA) is 58.2 Å². The molecule has 0 spiro atoms. The second-order valence-corrected chi connectivity index (χ2v) is 5.70. The minimum Gasteiger partial charge on any atom is -0.341 e. The molecule has 0 aliphatic carbocycles. The average molecular weight is 284 g/mol. The number of carbonyl (C=O) groups is 2. The van der Waals surface area contributed by atoms with Crippen LogP contribution < -0.4 is 10.6 Å². The van der Waals surface area contributed by atoms with Crippen molar-refractivity contribution in [3.63, 3.8) is 0 Å². The zero-order chi connectivity index (χ0) is 14.4. The van der Waals surface area contributed by atoms with Crippen molar-refractivity contribution in [3.8, 4) is 0 Å². The normalized spacial score (nSPS) is 13.5. The highest BCUT2D eigenvalue weighted by Crippen LogP contribution is 2.33. The molecule has 1 rings (SSSR count). The van der Waals surface area contributed by atoms with Crippen LogP contribution in [-0.2, 0) is 4.79 Å². The van der Waals surface area contributed by atoms with Crippen LogP contribution in [0, 0.1) is 5.82 Å². The lowest BCUT2D eigenvalue weighted by atomic mass is 10.1. The summed E-state index contributed by atoms with van der Waals surface area (Å²) in [6.45, 7) is 3.51. The maximum Gasteiger partial charge on any atom is 0.321 e. The summed E-state index contributed by atoms with van der Waals surface area (Å²) in [5.41, 5.74) is 0.548. The molecule has 1 aromatic carbocycles. The number of nitrogens with one attached hydrogen (secondary N) is 2. The molecular formula is C13H17FN2O2S. The van der Waals surface area contributed by atoms with Gasteiger partial charge in [0.15, 0.2) is 0 Å². The quantitative estimate of drug-likeness (QED) is 0.893. The minimum atomic E-state index is -0.545. The molecule has 4 nitrogen and oxygen atoms in total. The fraction of sp³-hybridized carbons (Fsp3) is 0.385. The maximum absolute atomic E-state index is 13.6. The number of imide groups is 1. The Morgan fingerprint density at radius 1 is 1.26 bits per heavy atom. The number of hydrogen-bond acceptors (Lipinski definition) is 3. The second-order valence-electron chi connectivity index (χ2n) is 4.01. The van der Waals surface area contributed by atoms with Gasteiger partial charge in [-0.3, -0.25) is 10.1 Å². The van der Waals surface area contributed by atoms with E-state index in [-0.39, 0.29) is 11.1 Å². The van der Waals surface area contributed by atoms with E-state index in [1.54, 1.807) is 25.1 Å². The molecule has 0 unspecified atom stereocenters. The minimum absolute atomic E-state index is 0.174. The van der Waals surface area contributed by atoms with Crippen LogP contribution in [0.15, 0.2) is 24.3 Å². The Morgan fingerprint density at radius 2 is 1.89 bits per heavy atom. The van der Waals surface area contributed by atoms with E-state index in [4.69, 9.17) is 0 Å². The van der Waals surface area contributed by atoms with Gasteiger partial charge in [0.1, 0.15) is 5.82 Å². The van der Waals surface area contributed by atoms with Crippen LogP contribution >= 0.6 is 11.8 Å². The van der Waals surface area contributed by atoms with E-state index in [1.807, 2.05) is 6.92 Å². The standard InChI is InChI=1S/C13H17FN2O2S/c1-8(10-6-4-5-7-11(10)14)19-9(2)12(17)16-13(18)15-3/h4-9H,1-3H3,(H2,15,16,17,18)/t8-,9+/m0/s1. The molecule has 2 N–H and O–H groups in total. The first-order chi connectivity index (χ1) is 8.95. The summed E-state index contributed by atoms with van der Waals surface area (Å²) in [5.74, 6) is -0.686. The van der Waals surface area contributed by atoms with Crippen LogP contribution in [0.3, 0.4) is 0 Å². The largest absolute Gasteiger partial charge is 0.341 e. The molecule has 0 radical (unpaired) electrons. The Morgan fingerprint density at radius 3 is 2.47 bits per heavy atom. The monoisotopic (exact) mass is 284 g/mol. The van der Waals surface area contributed by atoms with Crippen LogP contribution in [0.25, 0.3) is 0 Å². The van der Waals surface area contributed by atoms with Crippen LogP contribution in [0.2, 0.25) is 0 Å². The van der Waals surface area contributed by atoms with Gasteiger partial charge >= 0.3 is 6.03 Å². The number of rotatable bonds is 4. The van der Waals surface area contributed by atoms with E-state index in [0.717, 1.165) is 0 Å². The Kier molecular flexibility index (Phi) is 5.82. The molecule has 0 fully saturated rings. The Bertz CT molecular complexity index is 468. The van der Waals surface area contributed by atoms with Crippen molar-refractivity contribution in [2.24, 2.45) is 0 Å². The predicted octanol–water partition coefficient (Wildman–Crippen LogP) is 2.46. The smallest absolute Gasteiger partial charge is 0.321 e. The molecule has 0 bridgehead atoms. The molecular weight excluding hydrogens is 267 g/mol. The summed E-state index contributed by atoms with van der Waals surface area (Å²) < 4.78 is 13.6. The number of hydrogen-bond donors (Lipinski definition) is 2. The fourth-order valence-corrected chi connectivity index (χ4v) is 2.65. The molecule has 0 saturated carbocycles. The van der Waals surface area contributed by atoms with E-state index < -0.39 is 17.2 Å². The van der Waals surface area contributed by atoms with Crippen molar-refractivity contribution in [2.45, 2.75) is 24.3 Å². The Hall–Kier alpha value is -1.56. The number of halogens is 1. The predicted molar refractivity (Wildman–Crippen MR) is 74.5 cm³/mol. The highest BCUT2D eigenvalue weighted by atomic mass is 32.2. The summed E-state index contributed by atoms with van der Waals surface area (Å²) in [6.07, 6.45) is 0. The van der Waals surface area contributed by atoms with Gasteiger partial charge < -0.3 is 5.32 Å². The van der Waals surface area contributed by atoms with Gasteiger partial charge in [-0.05, 0) is 19.9 Å². The lowest BCUT2D eigenvalue weighted by molar-refractivity contribution is -0.119. The average Bonchev–Trinajstić information content (AvgIpc) is 2.38. The zero-order valence-corrected chi connectivity index (χ0v) is 11.9. The highest BCUT2D eigenvalue weighted by Gasteiger charge is 2.20. The third kappa shape index (κ3) is 4.55. The zero-order valence-electron chi connectivity index (χ0n) is 11.1. The summed E-state index contributed by atoms with van der Waals surface area (Å²) in [7, 11) is 1.43. The van der Waals surface area contributed by atoms with Gasteiger partial charge in [0.2, 0.25) is 5.91 Å². The second kappa shape index (κ2) is 7.13. The van der Waals surface area contributed by atoms with E-state index in [0.29, 0.717) is 5.56 Å². The van der Waals surface area contributed by atoms with Gasteiger partial charge in [-0.15, -0.1) is 11.8 Å². The molecule has 19 heavy (non-hydrogen) atoms. The number of carbonyl (C=O) groups excluding carboxylic acids is 2. The van der Waals surface area contributed by atoms with Crippen molar-refractivity contribution in [1.82, 2.24) is 10.6 Å². The first kappa shape index (κ1) is 15.5. The molecule has 0 aliphatic rings. The van der Waals surface area contributed by atoms with Crippen molar-refractivity contribution >= 4 is 23.7 Å². The van der Waals surface area contributed by atoms with Crippen LogP contribution in [0.5, 0.6) is 0 Å². The molecule has 3 amide bonds. The van der Waals surface area contributed by atoms with Gasteiger partial charge in [-0.25, -0.2) is 9.18 Å². The molecule has 6 heteroatoms. The van der Waals surface area contributed by atoms with Gasteiger partial charge in [0.25, 0.3) is 0 Å². The van der Waals surface area contributed by atoms with Gasteiger partial charge in [-0.1, -0.05) is 18.2 Å². The van der Waals surface area contributed by atoms with Crippen molar-refractivity contribution in [2.75, 3.05) is 7.05 Å². The summed E-state index contributed by atoms with van der Waals surface area (Å²) >= 11 is 1.30. The van der Waals surface area contributed by atoms with E-state index >= 15 is 0 Å². The Labute approximate surface area is 116 Å². The van der Waals surface area contributed by atoms with Crippen molar-refractivity contribution < 1.29 is 14.0 Å².